The maximum Gasteiger partial charge on any atom is 0.226 e. The van der Waals surface area contributed by atoms with Crippen molar-refractivity contribution in [1.29, 1.82) is 0 Å². The van der Waals surface area contributed by atoms with E-state index in [1.54, 1.807) is 0 Å². The molecule has 0 saturated carbocycles. The zero-order valence-electron chi connectivity index (χ0n) is 10.5. The molecule has 1 amide bonds. The van der Waals surface area contributed by atoms with Crippen LogP contribution in [-0.2, 0) is 9.53 Å². The number of ether oxygens (including phenoxy) is 1. The quantitative estimate of drug-likeness (QED) is 0.735. The largest absolute Gasteiger partial charge is 0.377 e. The summed E-state index contributed by atoms with van der Waals surface area (Å²) in [6.45, 7) is 7.42. The predicted octanol–water partition coefficient (Wildman–Crippen LogP) is 0.901. The van der Waals surface area contributed by atoms with Gasteiger partial charge in [0.2, 0.25) is 5.91 Å². The van der Waals surface area contributed by atoms with Crippen molar-refractivity contribution in [3.05, 3.63) is 0 Å². The molecule has 0 aromatic heterocycles. The van der Waals surface area contributed by atoms with Crippen molar-refractivity contribution in [2.45, 2.75) is 45.8 Å². The lowest BCUT2D eigenvalue weighted by Crippen LogP contribution is -2.44. The Kier molecular flexibility index (Phi) is 5.22. The van der Waals surface area contributed by atoms with E-state index in [0.717, 1.165) is 12.8 Å². The first kappa shape index (κ1) is 13.5. The number of hydrogen-bond donors (Lipinski definition) is 2. The van der Waals surface area contributed by atoms with Crippen molar-refractivity contribution in [2.75, 3.05) is 13.2 Å². The molecule has 0 aromatic carbocycles. The number of carbonyl (C=O) groups excluding carboxylic acids is 1. The van der Waals surface area contributed by atoms with Gasteiger partial charge in [0.15, 0.2) is 0 Å². The Morgan fingerprint density at radius 1 is 1.56 bits per heavy atom. The van der Waals surface area contributed by atoms with E-state index in [9.17, 15) is 4.79 Å². The van der Waals surface area contributed by atoms with Crippen LogP contribution in [0.5, 0.6) is 0 Å². The second-order valence-corrected chi connectivity index (χ2v) is 4.72. The van der Waals surface area contributed by atoms with Crippen LogP contribution in [-0.4, -0.2) is 31.2 Å². The summed E-state index contributed by atoms with van der Waals surface area (Å²) in [4.78, 5) is 12.0. The molecule has 16 heavy (non-hydrogen) atoms. The topological polar surface area (TPSA) is 64.3 Å². The molecule has 4 nitrogen and oxygen atoms in total. The molecule has 0 spiro atoms. The van der Waals surface area contributed by atoms with Crippen molar-refractivity contribution in [3.8, 4) is 0 Å². The van der Waals surface area contributed by atoms with Crippen LogP contribution in [0.25, 0.3) is 0 Å². The van der Waals surface area contributed by atoms with Crippen molar-refractivity contribution in [1.82, 2.24) is 5.32 Å². The highest BCUT2D eigenvalue weighted by Gasteiger charge is 2.33. The standard InChI is InChI=1S/C12H24N2O2/c1-4-11-10(5-6-16-11)12(15)14-9(3)8(2)7-13/h8-11H,4-7,13H2,1-3H3,(H,14,15). The molecule has 4 unspecified atom stereocenters. The molecule has 0 aromatic rings. The van der Waals surface area contributed by atoms with Gasteiger partial charge in [0.25, 0.3) is 0 Å². The Balaban J connectivity index is 2.45. The summed E-state index contributed by atoms with van der Waals surface area (Å²) in [7, 11) is 0. The van der Waals surface area contributed by atoms with E-state index in [-0.39, 0.29) is 24.0 Å². The normalized spacial score (nSPS) is 28.8. The molecule has 1 aliphatic rings. The molecule has 1 fully saturated rings. The fourth-order valence-electron chi connectivity index (χ4n) is 2.03. The smallest absolute Gasteiger partial charge is 0.226 e. The SMILES string of the molecule is CCC1OCCC1C(=O)NC(C)C(C)CN. The molecule has 0 bridgehead atoms. The van der Waals surface area contributed by atoms with Crippen LogP contribution >= 0.6 is 0 Å². The van der Waals surface area contributed by atoms with Crippen molar-refractivity contribution >= 4 is 5.91 Å². The van der Waals surface area contributed by atoms with Gasteiger partial charge in [0.1, 0.15) is 0 Å². The number of amides is 1. The summed E-state index contributed by atoms with van der Waals surface area (Å²) in [5, 5.41) is 3.04. The van der Waals surface area contributed by atoms with E-state index in [1.807, 2.05) is 13.8 Å². The lowest BCUT2D eigenvalue weighted by atomic mass is 9.97. The lowest BCUT2D eigenvalue weighted by molar-refractivity contribution is -0.127. The second kappa shape index (κ2) is 6.21. The number of rotatable bonds is 5. The van der Waals surface area contributed by atoms with Crippen molar-refractivity contribution < 1.29 is 9.53 Å². The average molecular weight is 228 g/mol. The molecule has 1 heterocycles. The summed E-state index contributed by atoms with van der Waals surface area (Å²) < 4.78 is 5.52. The van der Waals surface area contributed by atoms with E-state index in [2.05, 4.69) is 12.2 Å². The first-order chi connectivity index (χ1) is 7.60. The Morgan fingerprint density at radius 3 is 2.81 bits per heavy atom. The molecule has 0 radical (unpaired) electrons. The fourth-order valence-corrected chi connectivity index (χ4v) is 2.03. The third-order valence-corrected chi connectivity index (χ3v) is 3.54. The van der Waals surface area contributed by atoms with E-state index in [0.29, 0.717) is 19.1 Å². The highest BCUT2D eigenvalue weighted by Crippen LogP contribution is 2.23. The van der Waals surface area contributed by atoms with Crippen LogP contribution < -0.4 is 11.1 Å². The van der Waals surface area contributed by atoms with Gasteiger partial charge < -0.3 is 15.8 Å². The van der Waals surface area contributed by atoms with Gasteiger partial charge in [-0.2, -0.15) is 0 Å². The van der Waals surface area contributed by atoms with Gasteiger partial charge in [-0.25, -0.2) is 0 Å². The predicted molar refractivity (Wildman–Crippen MR) is 64.0 cm³/mol. The van der Waals surface area contributed by atoms with Gasteiger partial charge in [0, 0.05) is 12.6 Å². The molecule has 1 rings (SSSR count). The van der Waals surface area contributed by atoms with Gasteiger partial charge in [-0.15, -0.1) is 0 Å². The molecule has 94 valence electrons. The molecular weight excluding hydrogens is 204 g/mol. The Bertz CT molecular complexity index is 233. The maximum atomic E-state index is 12.0. The maximum absolute atomic E-state index is 12.0. The molecular formula is C12H24N2O2. The van der Waals surface area contributed by atoms with Crippen molar-refractivity contribution in [2.24, 2.45) is 17.6 Å². The minimum atomic E-state index is 0.0254. The molecule has 0 aliphatic carbocycles. The van der Waals surface area contributed by atoms with Gasteiger partial charge in [-0.3, -0.25) is 4.79 Å². The third-order valence-electron chi connectivity index (χ3n) is 3.54. The third kappa shape index (κ3) is 3.19. The molecule has 4 heteroatoms. The van der Waals surface area contributed by atoms with Crippen LogP contribution in [0, 0.1) is 11.8 Å². The lowest BCUT2D eigenvalue weighted by Gasteiger charge is -2.23. The highest BCUT2D eigenvalue weighted by atomic mass is 16.5. The number of hydrogen-bond acceptors (Lipinski definition) is 3. The Labute approximate surface area is 97.9 Å². The first-order valence-electron chi connectivity index (χ1n) is 6.22. The van der Waals surface area contributed by atoms with Crippen LogP contribution in [0.4, 0.5) is 0 Å². The highest BCUT2D eigenvalue weighted by molar-refractivity contribution is 5.79. The van der Waals surface area contributed by atoms with E-state index in [4.69, 9.17) is 10.5 Å². The minimum Gasteiger partial charge on any atom is -0.377 e. The number of nitrogens with two attached hydrogens (primary N) is 1. The van der Waals surface area contributed by atoms with Gasteiger partial charge in [-0.05, 0) is 32.2 Å². The fraction of sp³-hybridized carbons (Fsp3) is 0.917. The molecule has 4 atom stereocenters. The van der Waals surface area contributed by atoms with Gasteiger partial charge in [0.05, 0.1) is 12.0 Å². The van der Waals surface area contributed by atoms with Crippen molar-refractivity contribution in [3.63, 3.8) is 0 Å². The Hall–Kier alpha value is -0.610. The van der Waals surface area contributed by atoms with E-state index in [1.165, 1.54) is 0 Å². The monoisotopic (exact) mass is 228 g/mol. The molecule has 3 N–H and O–H groups in total. The van der Waals surface area contributed by atoms with Gasteiger partial charge in [-0.1, -0.05) is 13.8 Å². The zero-order chi connectivity index (χ0) is 12.1. The molecule has 1 aliphatic heterocycles. The Morgan fingerprint density at radius 2 is 2.25 bits per heavy atom. The first-order valence-corrected chi connectivity index (χ1v) is 6.22. The molecule has 1 saturated heterocycles. The average Bonchev–Trinajstić information content (AvgIpc) is 2.75. The van der Waals surface area contributed by atoms with Crippen LogP contribution in [0.1, 0.15) is 33.6 Å². The summed E-state index contributed by atoms with van der Waals surface area (Å²) in [5.74, 6) is 0.459. The van der Waals surface area contributed by atoms with Gasteiger partial charge >= 0.3 is 0 Å². The van der Waals surface area contributed by atoms with Crippen LogP contribution in [0.2, 0.25) is 0 Å². The summed E-state index contributed by atoms with van der Waals surface area (Å²) >= 11 is 0. The summed E-state index contributed by atoms with van der Waals surface area (Å²) in [6.07, 6.45) is 1.84. The zero-order valence-corrected chi connectivity index (χ0v) is 10.5. The van der Waals surface area contributed by atoms with Crippen LogP contribution in [0.3, 0.4) is 0 Å². The summed E-state index contributed by atoms with van der Waals surface area (Å²) in [6, 6.07) is 0.135. The summed E-state index contributed by atoms with van der Waals surface area (Å²) in [5.41, 5.74) is 5.58. The second-order valence-electron chi connectivity index (χ2n) is 4.72. The number of nitrogens with one attached hydrogen (secondary N) is 1. The number of carbonyl (C=O) groups is 1. The minimum absolute atomic E-state index is 0.0254. The van der Waals surface area contributed by atoms with E-state index < -0.39 is 0 Å². The van der Waals surface area contributed by atoms with E-state index >= 15 is 0 Å². The van der Waals surface area contributed by atoms with Crippen LogP contribution in [0.15, 0.2) is 0 Å².